The first-order valence-electron chi connectivity index (χ1n) is 5.61. The smallest absolute Gasteiger partial charge is 0.406 e. The SMILES string of the molecule is N#Cc1nn(-c2c(Cl)cc(OC(F)(F)F)cc2Cl)cc1C#CBr. The van der Waals surface area contributed by atoms with Crippen LogP contribution in [0.3, 0.4) is 0 Å². The second-order valence-corrected chi connectivity index (χ2v) is 5.16. The van der Waals surface area contributed by atoms with Crippen molar-refractivity contribution in [3.05, 3.63) is 39.6 Å². The Morgan fingerprint density at radius 3 is 2.35 bits per heavy atom. The predicted octanol–water partition coefficient (Wildman–Crippen LogP) is 4.65. The Balaban J connectivity index is 2.52. The molecule has 0 aliphatic rings. The standard InChI is InChI=1S/C13H3BrCl2F3N3O/c14-2-1-7-6-22(21-11(7)5-20)12-9(15)3-8(4-10(12)16)23-13(17,18)19/h3-4,6H. The Morgan fingerprint density at radius 1 is 1.26 bits per heavy atom. The summed E-state index contributed by atoms with van der Waals surface area (Å²) in [5.41, 5.74) is 0.411. The number of halogens is 6. The lowest BCUT2D eigenvalue weighted by molar-refractivity contribution is -0.274. The van der Waals surface area contributed by atoms with Crippen LogP contribution in [0.15, 0.2) is 18.3 Å². The number of nitriles is 1. The maximum atomic E-state index is 12.2. The average molecular weight is 425 g/mol. The summed E-state index contributed by atoms with van der Waals surface area (Å²) in [6.07, 6.45) is -3.49. The van der Waals surface area contributed by atoms with Crippen LogP contribution in [0.2, 0.25) is 10.0 Å². The Bertz CT molecular complexity index is 839. The molecule has 2 rings (SSSR count). The number of aromatic nitrogens is 2. The van der Waals surface area contributed by atoms with E-state index < -0.39 is 12.1 Å². The van der Waals surface area contributed by atoms with Crippen LogP contribution < -0.4 is 4.74 Å². The minimum atomic E-state index is -4.87. The highest BCUT2D eigenvalue weighted by Crippen LogP contribution is 2.35. The van der Waals surface area contributed by atoms with E-state index in [4.69, 9.17) is 28.5 Å². The number of alkyl halides is 3. The minimum absolute atomic E-state index is 0.0136. The largest absolute Gasteiger partial charge is 0.573 e. The second kappa shape index (κ2) is 6.71. The van der Waals surface area contributed by atoms with E-state index in [0.29, 0.717) is 5.56 Å². The van der Waals surface area contributed by atoms with Gasteiger partial charge in [-0.2, -0.15) is 10.4 Å². The fourth-order valence-corrected chi connectivity index (χ4v) is 2.52. The quantitative estimate of drug-likeness (QED) is 0.659. The summed E-state index contributed by atoms with van der Waals surface area (Å²) in [7, 11) is 0. The van der Waals surface area contributed by atoms with E-state index in [2.05, 4.69) is 36.5 Å². The zero-order valence-corrected chi connectivity index (χ0v) is 13.8. The topological polar surface area (TPSA) is 50.8 Å². The van der Waals surface area contributed by atoms with Crippen molar-refractivity contribution in [3.8, 4) is 28.3 Å². The van der Waals surface area contributed by atoms with Crippen molar-refractivity contribution < 1.29 is 17.9 Å². The molecule has 0 aliphatic carbocycles. The maximum Gasteiger partial charge on any atom is 0.573 e. The van der Waals surface area contributed by atoms with Crippen molar-refractivity contribution in [2.45, 2.75) is 6.36 Å². The first-order chi connectivity index (χ1) is 10.7. The van der Waals surface area contributed by atoms with Gasteiger partial charge >= 0.3 is 6.36 Å². The van der Waals surface area contributed by atoms with E-state index >= 15 is 0 Å². The highest BCUT2D eigenvalue weighted by molar-refractivity contribution is 9.12. The molecule has 0 radical (unpaired) electrons. The Kier molecular flexibility index (Phi) is 5.10. The molecule has 0 spiro atoms. The maximum absolute atomic E-state index is 12.2. The molecule has 0 bridgehead atoms. The Morgan fingerprint density at radius 2 is 1.87 bits per heavy atom. The van der Waals surface area contributed by atoms with Crippen molar-refractivity contribution in [2.75, 3.05) is 0 Å². The average Bonchev–Trinajstić information content (AvgIpc) is 2.79. The van der Waals surface area contributed by atoms with Crippen LogP contribution in [0.5, 0.6) is 5.75 Å². The van der Waals surface area contributed by atoms with E-state index in [9.17, 15) is 13.2 Å². The fourth-order valence-electron chi connectivity index (χ4n) is 1.67. The monoisotopic (exact) mass is 423 g/mol. The van der Waals surface area contributed by atoms with Crippen LogP contribution >= 0.6 is 39.1 Å². The Labute approximate surface area is 146 Å². The molecule has 23 heavy (non-hydrogen) atoms. The summed E-state index contributed by atoms with van der Waals surface area (Å²) in [6.45, 7) is 0. The molecule has 10 heteroatoms. The molecule has 0 saturated carbocycles. The number of rotatable bonds is 2. The van der Waals surface area contributed by atoms with Crippen LogP contribution in [0.4, 0.5) is 13.2 Å². The van der Waals surface area contributed by atoms with Gasteiger partial charge in [-0.1, -0.05) is 23.2 Å². The fraction of sp³-hybridized carbons (Fsp3) is 0.0769. The first-order valence-corrected chi connectivity index (χ1v) is 7.16. The van der Waals surface area contributed by atoms with E-state index in [0.717, 1.165) is 16.8 Å². The normalized spacial score (nSPS) is 10.7. The molecular weight excluding hydrogens is 422 g/mol. The number of hydrogen-bond donors (Lipinski definition) is 0. The van der Waals surface area contributed by atoms with Crippen LogP contribution in [-0.4, -0.2) is 16.1 Å². The minimum Gasteiger partial charge on any atom is -0.406 e. The van der Waals surface area contributed by atoms with Gasteiger partial charge in [-0.05, 0) is 10.8 Å². The molecule has 0 atom stereocenters. The van der Waals surface area contributed by atoms with E-state index in [1.165, 1.54) is 6.20 Å². The summed E-state index contributed by atoms with van der Waals surface area (Å²) in [5, 5.41) is 12.7. The number of hydrogen-bond acceptors (Lipinski definition) is 3. The van der Waals surface area contributed by atoms with Gasteiger partial charge in [0.15, 0.2) is 5.69 Å². The van der Waals surface area contributed by atoms with Crippen LogP contribution in [0.1, 0.15) is 11.3 Å². The van der Waals surface area contributed by atoms with Crippen LogP contribution in [-0.2, 0) is 0 Å². The van der Waals surface area contributed by atoms with E-state index in [-0.39, 0.29) is 21.4 Å². The van der Waals surface area contributed by atoms with Gasteiger partial charge in [-0.3, -0.25) is 0 Å². The zero-order valence-electron chi connectivity index (χ0n) is 10.7. The molecule has 1 heterocycles. The van der Waals surface area contributed by atoms with Gasteiger partial charge in [-0.15, -0.1) is 13.2 Å². The van der Waals surface area contributed by atoms with Gasteiger partial charge in [0.2, 0.25) is 0 Å². The van der Waals surface area contributed by atoms with Crippen LogP contribution in [0.25, 0.3) is 5.69 Å². The predicted molar refractivity (Wildman–Crippen MR) is 80.8 cm³/mol. The van der Waals surface area contributed by atoms with Gasteiger partial charge in [-0.25, -0.2) is 4.68 Å². The summed E-state index contributed by atoms with van der Waals surface area (Å²) < 4.78 is 41.6. The highest BCUT2D eigenvalue weighted by atomic mass is 79.9. The van der Waals surface area contributed by atoms with Gasteiger partial charge in [0.25, 0.3) is 0 Å². The van der Waals surface area contributed by atoms with Crippen LogP contribution in [0, 0.1) is 22.1 Å². The third-order valence-electron chi connectivity index (χ3n) is 2.46. The third-order valence-corrected chi connectivity index (χ3v) is 3.23. The molecule has 1 aromatic carbocycles. The molecule has 1 aromatic heterocycles. The molecule has 2 aromatic rings. The number of ether oxygens (including phenoxy) is 1. The van der Waals surface area contributed by atoms with Gasteiger partial charge in [0.05, 0.1) is 15.6 Å². The molecule has 0 aliphatic heterocycles. The van der Waals surface area contributed by atoms with E-state index in [1.807, 2.05) is 6.07 Å². The van der Waals surface area contributed by atoms with Gasteiger partial charge < -0.3 is 4.74 Å². The van der Waals surface area contributed by atoms with Gasteiger partial charge in [0.1, 0.15) is 17.5 Å². The van der Waals surface area contributed by atoms with Crippen molar-refractivity contribution in [3.63, 3.8) is 0 Å². The second-order valence-electron chi connectivity index (χ2n) is 3.95. The first kappa shape index (κ1) is 17.5. The summed E-state index contributed by atoms with van der Waals surface area (Å²) >= 11 is 14.8. The van der Waals surface area contributed by atoms with Gasteiger partial charge in [0, 0.05) is 34.3 Å². The van der Waals surface area contributed by atoms with Crippen molar-refractivity contribution in [1.82, 2.24) is 9.78 Å². The molecule has 0 saturated heterocycles. The summed E-state index contributed by atoms with van der Waals surface area (Å²) in [5.74, 6) is 2.03. The van der Waals surface area contributed by atoms with E-state index in [1.54, 1.807) is 0 Å². The molecular formula is C13H3BrCl2F3N3O. The molecule has 4 nitrogen and oxygen atoms in total. The lowest BCUT2D eigenvalue weighted by Crippen LogP contribution is -2.17. The molecule has 0 unspecified atom stereocenters. The molecule has 118 valence electrons. The third kappa shape index (κ3) is 4.11. The lowest BCUT2D eigenvalue weighted by Gasteiger charge is -2.12. The van der Waals surface area contributed by atoms with Crippen molar-refractivity contribution >= 4 is 39.1 Å². The lowest BCUT2D eigenvalue weighted by atomic mass is 10.3. The molecule has 0 amide bonds. The molecule has 0 fully saturated rings. The summed E-state index contributed by atoms with van der Waals surface area (Å²) in [4.78, 5) is 2.43. The summed E-state index contributed by atoms with van der Waals surface area (Å²) in [6, 6.07) is 3.73. The van der Waals surface area contributed by atoms with Crippen molar-refractivity contribution in [1.29, 1.82) is 5.26 Å². The highest BCUT2D eigenvalue weighted by Gasteiger charge is 2.31. The number of nitrogens with zero attached hydrogens (tertiary/aromatic N) is 3. The van der Waals surface area contributed by atoms with Crippen molar-refractivity contribution in [2.24, 2.45) is 0 Å². The zero-order chi connectivity index (χ0) is 17.2. The Hall–Kier alpha value is -1.87. The molecule has 0 N–H and O–H groups in total. The number of benzene rings is 1.